The number of hydrogen-bond acceptors (Lipinski definition) is 6. The summed E-state index contributed by atoms with van der Waals surface area (Å²) >= 11 is 8.92. The van der Waals surface area contributed by atoms with Gasteiger partial charge >= 0.3 is 0 Å². The van der Waals surface area contributed by atoms with Gasteiger partial charge in [-0.1, -0.05) is 23.7 Å². The van der Waals surface area contributed by atoms with Crippen LogP contribution in [0, 0.1) is 0 Å². The molecule has 0 N–H and O–H groups in total. The summed E-state index contributed by atoms with van der Waals surface area (Å²) in [5, 5.41) is 2.63. The smallest absolute Gasteiger partial charge is 0.273 e. The van der Waals surface area contributed by atoms with Crippen molar-refractivity contribution >= 4 is 45.9 Å². The van der Waals surface area contributed by atoms with E-state index in [0.29, 0.717) is 12.2 Å². The first-order valence-corrected chi connectivity index (χ1v) is 11.1. The minimum Gasteiger partial charge on any atom is -0.378 e. The van der Waals surface area contributed by atoms with E-state index >= 15 is 0 Å². The second-order valence-corrected chi connectivity index (χ2v) is 9.14. The van der Waals surface area contributed by atoms with Gasteiger partial charge in [0, 0.05) is 37.7 Å². The van der Waals surface area contributed by atoms with Crippen molar-refractivity contribution in [1.29, 1.82) is 0 Å². The number of carbonyl (C=O) groups excluding carboxylic acids is 1. The average Bonchev–Trinajstić information content (AvgIpc) is 3.38. The summed E-state index contributed by atoms with van der Waals surface area (Å²) < 4.78 is 6.12. The summed E-state index contributed by atoms with van der Waals surface area (Å²) in [6.07, 6.45) is 0. The highest BCUT2D eigenvalue weighted by atomic mass is 35.5. The van der Waals surface area contributed by atoms with Gasteiger partial charge in [0.2, 0.25) is 0 Å². The van der Waals surface area contributed by atoms with E-state index in [9.17, 15) is 4.79 Å². The van der Waals surface area contributed by atoms with Crippen LogP contribution in [-0.4, -0.2) is 49.1 Å². The van der Waals surface area contributed by atoms with E-state index in [1.807, 2.05) is 17.5 Å². The second-order valence-electron chi connectivity index (χ2n) is 6.57. The number of thiazole rings is 1. The maximum Gasteiger partial charge on any atom is 0.273 e. The summed E-state index contributed by atoms with van der Waals surface area (Å²) in [6.45, 7) is 3.91. The Bertz CT molecular complexity index is 949. The van der Waals surface area contributed by atoms with Crippen molar-refractivity contribution in [3.05, 3.63) is 57.4 Å². The third-order valence-electron chi connectivity index (χ3n) is 4.59. The normalized spacial score (nSPS) is 14.3. The van der Waals surface area contributed by atoms with Gasteiger partial charge in [0.1, 0.15) is 10.7 Å². The van der Waals surface area contributed by atoms with Crippen LogP contribution in [0.4, 0.5) is 5.69 Å². The van der Waals surface area contributed by atoms with Crippen LogP contribution in [0.25, 0.3) is 9.88 Å². The summed E-state index contributed by atoms with van der Waals surface area (Å²) in [5.41, 5.74) is 2.75. The Hall–Kier alpha value is -1.93. The zero-order valence-corrected chi connectivity index (χ0v) is 17.8. The quantitative estimate of drug-likeness (QED) is 0.588. The molecule has 0 radical (unpaired) electrons. The molecule has 2 aromatic heterocycles. The molecule has 146 valence electrons. The highest BCUT2D eigenvalue weighted by Crippen LogP contribution is 2.33. The van der Waals surface area contributed by atoms with Crippen molar-refractivity contribution in [2.75, 3.05) is 38.3 Å². The van der Waals surface area contributed by atoms with Crippen LogP contribution in [0.3, 0.4) is 0 Å². The van der Waals surface area contributed by atoms with E-state index in [0.717, 1.165) is 46.1 Å². The SMILES string of the molecule is CN(Cc1ccc(N2CCOCC2)cc1)C(=O)c1csc(-c2ccc(Cl)s2)n1. The highest BCUT2D eigenvalue weighted by molar-refractivity contribution is 7.23. The molecule has 4 rings (SSSR count). The number of rotatable bonds is 5. The Morgan fingerprint density at radius 3 is 2.64 bits per heavy atom. The monoisotopic (exact) mass is 433 g/mol. The van der Waals surface area contributed by atoms with Crippen LogP contribution >= 0.6 is 34.3 Å². The Balaban J connectivity index is 1.39. The molecule has 1 aliphatic rings. The second kappa shape index (κ2) is 8.61. The molecule has 28 heavy (non-hydrogen) atoms. The van der Waals surface area contributed by atoms with Crippen molar-refractivity contribution in [1.82, 2.24) is 9.88 Å². The Morgan fingerprint density at radius 2 is 1.96 bits per heavy atom. The molecule has 8 heteroatoms. The lowest BCUT2D eigenvalue weighted by molar-refractivity contribution is 0.0780. The number of morpholine rings is 1. The lowest BCUT2D eigenvalue weighted by Gasteiger charge is -2.29. The van der Waals surface area contributed by atoms with E-state index in [4.69, 9.17) is 16.3 Å². The number of hydrogen-bond donors (Lipinski definition) is 0. The van der Waals surface area contributed by atoms with Crippen LogP contribution in [-0.2, 0) is 11.3 Å². The molecular weight excluding hydrogens is 414 g/mol. The average molecular weight is 434 g/mol. The fourth-order valence-corrected chi connectivity index (χ4v) is 5.00. The van der Waals surface area contributed by atoms with Crippen LogP contribution in [0.2, 0.25) is 4.34 Å². The lowest BCUT2D eigenvalue weighted by atomic mass is 10.1. The van der Waals surface area contributed by atoms with Gasteiger partial charge in [-0.05, 0) is 29.8 Å². The van der Waals surface area contributed by atoms with Gasteiger partial charge in [-0.2, -0.15) is 0 Å². The fraction of sp³-hybridized carbons (Fsp3) is 0.300. The number of halogens is 1. The molecule has 0 saturated carbocycles. The van der Waals surface area contributed by atoms with Crippen molar-refractivity contribution < 1.29 is 9.53 Å². The number of ether oxygens (including phenoxy) is 1. The van der Waals surface area contributed by atoms with Gasteiger partial charge < -0.3 is 14.5 Å². The molecule has 0 bridgehead atoms. The van der Waals surface area contributed by atoms with Crippen molar-refractivity contribution in [3.63, 3.8) is 0 Å². The molecule has 1 aromatic carbocycles. The molecule has 0 aliphatic carbocycles. The number of amides is 1. The molecule has 1 saturated heterocycles. The van der Waals surface area contributed by atoms with Crippen LogP contribution in [0.5, 0.6) is 0 Å². The Labute approximate surface area is 177 Å². The van der Waals surface area contributed by atoms with Gasteiger partial charge in [0.05, 0.1) is 22.4 Å². The predicted octanol–water partition coefficient (Wildman–Crippen LogP) is 4.63. The molecule has 0 unspecified atom stereocenters. The first kappa shape index (κ1) is 19.4. The zero-order valence-electron chi connectivity index (χ0n) is 15.4. The van der Waals surface area contributed by atoms with Gasteiger partial charge in [-0.25, -0.2) is 4.98 Å². The van der Waals surface area contributed by atoms with Crippen LogP contribution < -0.4 is 4.90 Å². The van der Waals surface area contributed by atoms with E-state index in [-0.39, 0.29) is 5.91 Å². The largest absolute Gasteiger partial charge is 0.378 e. The standard InChI is InChI=1S/C20H20ClN3O2S2/c1-23(12-14-2-4-15(5-3-14)24-8-10-26-11-9-24)20(25)16-13-27-19(22-16)17-6-7-18(21)28-17/h2-7,13H,8-12H2,1H3. The molecule has 0 atom stereocenters. The van der Waals surface area contributed by atoms with Gasteiger partial charge in [-0.15, -0.1) is 22.7 Å². The molecular formula is C20H20ClN3O2S2. The maximum absolute atomic E-state index is 12.7. The lowest BCUT2D eigenvalue weighted by Crippen LogP contribution is -2.36. The summed E-state index contributed by atoms with van der Waals surface area (Å²) in [6, 6.07) is 12.2. The summed E-state index contributed by atoms with van der Waals surface area (Å²) in [4.78, 5) is 22.2. The number of aromatic nitrogens is 1. The van der Waals surface area contributed by atoms with Gasteiger partial charge in [0.25, 0.3) is 5.91 Å². The van der Waals surface area contributed by atoms with E-state index < -0.39 is 0 Å². The fourth-order valence-electron chi connectivity index (χ4n) is 3.09. The molecule has 1 amide bonds. The first-order valence-electron chi connectivity index (χ1n) is 8.98. The number of benzene rings is 1. The van der Waals surface area contributed by atoms with Gasteiger partial charge in [-0.3, -0.25) is 4.79 Å². The zero-order chi connectivity index (χ0) is 19.5. The molecule has 3 aromatic rings. The third-order valence-corrected chi connectivity index (χ3v) is 6.83. The Morgan fingerprint density at radius 1 is 1.21 bits per heavy atom. The van der Waals surface area contributed by atoms with E-state index in [2.05, 4.69) is 34.1 Å². The third kappa shape index (κ3) is 4.38. The van der Waals surface area contributed by atoms with Gasteiger partial charge in [0.15, 0.2) is 0 Å². The van der Waals surface area contributed by atoms with Crippen molar-refractivity contribution in [2.45, 2.75) is 6.54 Å². The van der Waals surface area contributed by atoms with E-state index in [1.165, 1.54) is 28.4 Å². The molecule has 0 spiro atoms. The summed E-state index contributed by atoms with van der Waals surface area (Å²) in [5.74, 6) is -0.0811. The maximum atomic E-state index is 12.7. The molecule has 3 heterocycles. The molecule has 5 nitrogen and oxygen atoms in total. The molecule has 1 aliphatic heterocycles. The minimum absolute atomic E-state index is 0.0811. The predicted molar refractivity (Wildman–Crippen MR) is 116 cm³/mol. The summed E-state index contributed by atoms with van der Waals surface area (Å²) in [7, 11) is 1.80. The first-order chi connectivity index (χ1) is 13.6. The van der Waals surface area contributed by atoms with Crippen molar-refractivity contribution in [3.8, 4) is 9.88 Å². The topological polar surface area (TPSA) is 45.7 Å². The minimum atomic E-state index is -0.0811. The highest BCUT2D eigenvalue weighted by Gasteiger charge is 2.17. The molecule has 1 fully saturated rings. The van der Waals surface area contributed by atoms with Crippen LogP contribution in [0.1, 0.15) is 16.1 Å². The number of nitrogens with zero attached hydrogens (tertiary/aromatic N) is 3. The number of carbonyl (C=O) groups is 1. The Kier molecular flexibility index (Phi) is 5.96. The van der Waals surface area contributed by atoms with Crippen LogP contribution in [0.15, 0.2) is 41.8 Å². The van der Waals surface area contributed by atoms with E-state index in [1.54, 1.807) is 11.9 Å². The number of thiophene rings is 1. The number of anilines is 1. The van der Waals surface area contributed by atoms with Crippen molar-refractivity contribution in [2.24, 2.45) is 0 Å².